The van der Waals surface area contributed by atoms with Crippen molar-refractivity contribution in [2.75, 3.05) is 0 Å². The van der Waals surface area contributed by atoms with E-state index in [0.717, 1.165) is 5.56 Å². The quantitative estimate of drug-likeness (QED) is 0.814. The highest BCUT2D eigenvalue weighted by Crippen LogP contribution is 2.18. The molecule has 0 fully saturated rings. The zero-order valence-electron chi connectivity index (χ0n) is 8.00. The van der Waals surface area contributed by atoms with Crippen molar-refractivity contribution in [3.05, 3.63) is 23.9 Å². The third-order valence-electron chi connectivity index (χ3n) is 1.69. The fraction of sp³-hybridized carbons (Fsp3) is 0.444. The number of nitrogens with zero attached hydrogens (tertiary/aromatic N) is 1. The molecular formula is C9H12F2N2O. The molecule has 0 aliphatic heterocycles. The summed E-state index contributed by atoms with van der Waals surface area (Å²) in [5.41, 5.74) is 6.01. The number of hydrogen-bond donors (Lipinski definition) is 1. The lowest BCUT2D eigenvalue weighted by Gasteiger charge is -2.18. The molecule has 3 nitrogen and oxygen atoms in total. The van der Waals surface area contributed by atoms with Crippen LogP contribution in [-0.2, 0) is 5.54 Å². The highest BCUT2D eigenvalue weighted by Gasteiger charge is 2.14. The highest BCUT2D eigenvalue weighted by atomic mass is 19.3. The SMILES string of the molecule is CC(C)(N)c1ccc(OC(F)F)nc1. The Morgan fingerprint density at radius 3 is 2.43 bits per heavy atom. The van der Waals surface area contributed by atoms with E-state index in [4.69, 9.17) is 5.73 Å². The Morgan fingerprint density at radius 1 is 1.43 bits per heavy atom. The van der Waals surface area contributed by atoms with E-state index in [2.05, 4.69) is 9.72 Å². The van der Waals surface area contributed by atoms with Gasteiger partial charge < -0.3 is 10.5 Å². The molecule has 0 radical (unpaired) electrons. The van der Waals surface area contributed by atoms with Gasteiger partial charge in [0.2, 0.25) is 5.88 Å². The fourth-order valence-electron chi connectivity index (χ4n) is 0.922. The summed E-state index contributed by atoms with van der Waals surface area (Å²) in [6, 6.07) is 2.99. The van der Waals surface area contributed by atoms with Gasteiger partial charge in [-0.3, -0.25) is 0 Å². The van der Waals surface area contributed by atoms with E-state index < -0.39 is 12.2 Å². The highest BCUT2D eigenvalue weighted by molar-refractivity contribution is 5.23. The molecule has 78 valence electrons. The van der Waals surface area contributed by atoms with Gasteiger partial charge in [0.15, 0.2) is 0 Å². The molecule has 0 bridgehead atoms. The largest absolute Gasteiger partial charge is 0.417 e. The van der Waals surface area contributed by atoms with Crippen LogP contribution >= 0.6 is 0 Å². The molecular weight excluding hydrogens is 190 g/mol. The Morgan fingerprint density at radius 2 is 2.07 bits per heavy atom. The van der Waals surface area contributed by atoms with E-state index in [9.17, 15) is 8.78 Å². The van der Waals surface area contributed by atoms with Crippen LogP contribution in [0.15, 0.2) is 18.3 Å². The number of nitrogens with two attached hydrogens (primary N) is 1. The maximum absolute atomic E-state index is 11.8. The van der Waals surface area contributed by atoms with Gasteiger partial charge >= 0.3 is 6.61 Å². The van der Waals surface area contributed by atoms with Crippen molar-refractivity contribution in [3.63, 3.8) is 0 Å². The third-order valence-corrected chi connectivity index (χ3v) is 1.69. The first-order chi connectivity index (χ1) is 6.39. The van der Waals surface area contributed by atoms with E-state index in [1.807, 2.05) is 0 Å². The van der Waals surface area contributed by atoms with Crippen LogP contribution in [0.5, 0.6) is 5.88 Å². The number of halogens is 2. The predicted octanol–water partition coefficient (Wildman–Crippen LogP) is 1.88. The standard InChI is InChI=1S/C9H12F2N2O/c1-9(2,12)6-3-4-7(13-5-6)14-8(10)11/h3-5,8H,12H2,1-2H3. The van der Waals surface area contributed by atoms with Gasteiger partial charge in [0.1, 0.15) is 0 Å². The summed E-state index contributed by atoms with van der Waals surface area (Å²) >= 11 is 0. The molecule has 1 rings (SSSR count). The zero-order valence-corrected chi connectivity index (χ0v) is 8.00. The van der Waals surface area contributed by atoms with Crippen LogP contribution < -0.4 is 10.5 Å². The molecule has 2 N–H and O–H groups in total. The molecule has 0 aromatic carbocycles. The first-order valence-electron chi connectivity index (χ1n) is 4.10. The molecule has 0 aliphatic carbocycles. The van der Waals surface area contributed by atoms with Crippen LogP contribution in [0.2, 0.25) is 0 Å². The zero-order chi connectivity index (χ0) is 10.8. The van der Waals surface area contributed by atoms with E-state index in [1.54, 1.807) is 19.9 Å². The van der Waals surface area contributed by atoms with Crippen molar-refractivity contribution in [2.24, 2.45) is 5.73 Å². The molecule has 0 saturated heterocycles. The fourth-order valence-corrected chi connectivity index (χ4v) is 0.922. The Kier molecular flexibility index (Phi) is 3.00. The van der Waals surface area contributed by atoms with Gasteiger partial charge in [0.05, 0.1) is 0 Å². The second-order valence-corrected chi connectivity index (χ2v) is 3.49. The Hall–Kier alpha value is -1.23. The lowest BCUT2D eigenvalue weighted by Crippen LogP contribution is -2.28. The molecule has 0 aliphatic rings. The van der Waals surface area contributed by atoms with E-state index >= 15 is 0 Å². The van der Waals surface area contributed by atoms with Crippen molar-refractivity contribution in [3.8, 4) is 5.88 Å². The Balaban J connectivity index is 2.79. The van der Waals surface area contributed by atoms with Crippen LogP contribution in [0.25, 0.3) is 0 Å². The second-order valence-electron chi connectivity index (χ2n) is 3.49. The maximum Gasteiger partial charge on any atom is 0.388 e. The number of hydrogen-bond acceptors (Lipinski definition) is 3. The summed E-state index contributed by atoms with van der Waals surface area (Å²) in [4.78, 5) is 3.70. The minimum Gasteiger partial charge on any atom is -0.417 e. The van der Waals surface area contributed by atoms with Gasteiger partial charge in [-0.25, -0.2) is 4.98 Å². The Bertz CT molecular complexity index is 293. The monoisotopic (exact) mass is 202 g/mol. The number of aromatic nitrogens is 1. The summed E-state index contributed by atoms with van der Waals surface area (Å²) < 4.78 is 27.6. The topological polar surface area (TPSA) is 48.1 Å². The minimum absolute atomic E-state index is 0.104. The molecule has 1 heterocycles. The van der Waals surface area contributed by atoms with Crippen LogP contribution in [0.4, 0.5) is 8.78 Å². The van der Waals surface area contributed by atoms with Crippen molar-refractivity contribution in [1.29, 1.82) is 0 Å². The molecule has 1 aromatic rings. The average molecular weight is 202 g/mol. The van der Waals surface area contributed by atoms with Crippen LogP contribution in [-0.4, -0.2) is 11.6 Å². The van der Waals surface area contributed by atoms with Crippen LogP contribution in [0.3, 0.4) is 0 Å². The van der Waals surface area contributed by atoms with Crippen molar-refractivity contribution < 1.29 is 13.5 Å². The van der Waals surface area contributed by atoms with Crippen molar-refractivity contribution >= 4 is 0 Å². The molecule has 0 spiro atoms. The first-order valence-corrected chi connectivity index (χ1v) is 4.10. The van der Waals surface area contributed by atoms with Crippen molar-refractivity contribution in [2.45, 2.75) is 26.0 Å². The average Bonchev–Trinajstić information content (AvgIpc) is 2.02. The molecule has 0 unspecified atom stereocenters. The van der Waals surface area contributed by atoms with Gasteiger partial charge in [-0.15, -0.1) is 0 Å². The van der Waals surface area contributed by atoms with Gasteiger partial charge in [-0.1, -0.05) is 6.07 Å². The maximum atomic E-state index is 11.8. The van der Waals surface area contributed by atoms with E-state index in [1.165, 1.54) is 12.3 Å². The minimum atomic E-state index is -2.85. The molecule has 0 atom stereocenters. The van der Waals surface area contributed by atoms with Gasteiger partial charge in [-0.2, -0.15) is 8.78 Å². The normalized spacial score (nSPS) is 11.9. The first kappa shape index (κ1) is 10.8. The Labute approximate surface area is 80.9 Å². The smallest absolute Gasteiger partial charge is 0.388 e. The van der Waals surface area contributed by atoms with Crippen molar-refractivity contribution in [1.82, 2.24) is 4.98 Å². The number of pyridine rings is 1. The molecule has 5 heteroatoms. The number of alkyl halides is 2. The van der Waals surface area contributed by atoms with Gasteiger partial charge in [0, 0.05) is 17.8 Å². The van der Waals surface area contributed by atoms with Gasteiger partial charge in [0.25, 0.3) is 0 Å². The lowest BCUT2D eigenvalue weighted by atomic mass is 9.98. The third kappa shape index (κ3) is 2.92. The molecule has 0 saturated carbocycles. The summed E-state index contributed by atoms with van der Waals surface area (Å²) in [5.74, 6) is -0.104. The molecule has 14 heavy (non-hydrogen) atoms. The van der Waals surface area contributed by atoms with Crippen LogP contribution in [0, 0.1) is 0 Å². The van der Waals surface area contributed by atoms with E-state index in [-0.39, 0.29) is 5.88 Å². The summed E-state index contributed by atoms with van der Waals surface area (Å²) in [6.45, 7) is 0.759. The van der Waals surface area contributed by atoms with Crippen LogP contribution in [0.1, 0.15) is 19.4 Å². The summed E-state index contributed by atoms with van der Waals surface area (Å²) in [7, 11) is 0. The predicted molar refractivity (Wildman–Crippen MR) is 48.1 cm³/mol. The number of ether oxygens (including phenoxy) is 1. The second kappa shape index (κ2) is 3.88. The number of rotatable bonds is 3. The lowest BCUT2D eigenvalue weighted by molar-refractivity contribution is -0.0528. The van der Waals surface area contributed by atoms with Gasteiger partial charge in [-0.05, 0) is 19.4 Å². The molecule has 1 aromatic heterocycles. The summed E-state index contributed by atoms with van der Waals surface area (Å²) in [6.07, 6.45) is 1.43. The molecule has 0 amide bonds. The van der Waals surface area contributed by atoms with E-state index in [0.29, 0.717) is 0 Å². The summed E-state index contributed by atoms with van der Waals surface area (Å²) in [5, 5.41) is 0.